The third kappa shape index (κ3) is 6.30. The van der Waals surface area contributed by atoms with Crippen molar-refractivity contribution in [2.75, 3.05) is 44.4 Å². The first-order valence-electron chi connectivity index (χ1n) is 19.4. The van der Waals surface area contributed by atoms with Gasteiger partial charge in [-0.3, -0.25) is 13.9 Å². The molecule has 8 rings (SSSR count). The number of imidazole rings is 1. The molecule has 2 N–H and O–H groups in total. The van der Waals surface area contributed by atoms with Crippen LogP contribution in [0.3, 0.4) is 0 Å². The number of nitrogens with one attached hydrogen (secondary N) is 2. The molecular formula is C42H48FN8O4P. The number of rotatable bonds is 9. The molecule has 14 heteroatoms. The number of aromatic amines is 1. The van der Waals surface area contributed by atoms with E-state index in [-0.39, 0.29) is 17.4 Å². The fourth-order valence-electron chi connectivity index (χ4n) is 8.44. The van der Waals surface area contributed by atoms with Gasteiger partial charge >= 0.3 is 5.69 Å². The second-order valence-electron chi connectivity index (χ2n) is 15.0. The maximum atomic E-state index is 14.9. The summed E-state index contributed by atoms with van der Waals surface area (Å²) in [6.45, 7) is 11.1. The first kappa shape index (κ1) is 37.7. The van der Waals surface area contributed by atoms with Crippen molar-refractivity contribution in [2.24, 2.45) is 0 Å². The van der Waals surface area contributed by atoms with Crippen molar-refractivity contribution >= 4 is 35.1 Å². The zero-order chi connectivity index (χ0) is 39.5. The van der Waals surface area contributed by atoms with E-state index in [0.29, 0.717) is 76.3 Å². The summed E-state index contributed by atoms with van der Waals surface area (Å²) in [7, 11) is -0.965. The number of ether oxygens (including phenoxy) is 1. The molecule has 1 amide bonds. The Labute approximate surface area is 325 Å². The number of aryl methyl sites for hydroxylation is 2. The van der Waals surface area contributed by atoms with E-state index in [4.69, 9.17) is 9.84 Å². The van der Waals surface area contributed by atoms with Crippen LogP contribution < -0.4 is 16.4 Å². The van der Waals surface area contributed by atoms with Crippen molar-refractivity contribution in [3.63, 3.8) is 0 Å². The Kier molecular flexibility index (Phi) is 9.87. The zero-order valence-corrected chi connectivity index (χ0v) is 33.6. The summed E-state index contributed by atoms with van der Waals surface area (Å²) in [5.41, 5.74) is 6.88. The molecule has 0 radical (unpaired) electrons. The zero-order valence-electron chi connectivity index (χ0n) is 32.7. The molecule has 0 bridgehead atoms. The van der Waals surface area contributed by atoms with E-state index in [1.165, 1.54) is 14.7 Å². The van der Waals surface area contributed by atoms with Crippen LogP contribution in [0.1, 0.15) is 84.0 Å². The van der Waals surface area contributed by atoms with Crippen molar-refractivity contribution in [3.05, 3.63) is 111 Å². The van der Waals surface area contributed by atoms with E-state index in [9.17, 15) is 18.5 Å². The summed E-state index contributed by atoms with van der Waals surface area (Å²) < 4.78 is 38.9. The van der Waals surface area contributed by atoms with Gasteiger partial charge in [0.25, 0.3) is 5.91 Å². The average Bonchev–Trinajstić information content (AvgIpc) is 3.94. The number of hydrogen-bond donors (Lipinski definition) is 2. The van der Waals surface area contributed by atoms with Gasteiger partial charge in [0.1, 0.15) is 29.9 Å². The number of fused-ring (bicyclic) bond motifs is 2. The van der Waals surface area contributed by atoms with Gasteiger partial charge in [0.2, 0.25) is 0 Å². The Morgan fingerprint density at radius 1 is 1.02 bits per heavy atom. The van der Waals surface area contributed by atoms with Gasteiger partial charge in [0.05, 0.1) is 35.0 Å². The molecule has 1 fully saturated rings. The quantitative estimate of drug-likeness (QED) is 0.149. The van der Waals surface area contributed by atoms with Crippen LogP contribution >= 0.6 is 7.14 Å². The minimum Gasteiger partial charge on any atom is -0.386 e. The fraction of sp³-hybridized carbons (Fsp3) is 0.381. The van der Waals surface area contributed by atoms with Crippen LogP contribution in [-0.2, 0) is 15.7 Å². The largest absolute Gasteiger partial charge is 0.386 e. The smallest absolute Gasteiger partial charge is 0.338 e. The summed E-state index contributed by atoms with van der Waals surface area (Å²) >= 11 is 0. The molecule has 2 aromatic carbocycles. The van der Waals surface area contributed by atoms with Crippen LogP contribution in [0.2, 0.25) is 0 Å². The Morgan fingerprint density at radius 2 is 1.73 bits per heavy atom. The molecule has 56 heavy (non-hydrogen) atoms. The van der Waals surface area contributed by atoms with Crippen LogP contribution in [0.4, 0.5) is 10.1 Å². The molecule has 12 nitrogen and oxygen atoms in total. The van der Waals surface area contributed by atoms with Crippen molar-refractivity contribution in [1.29, 1.82) is 0 Å². The number of amides is 1. The minimum absolute atomic E-state index is 0.147. The number of halogens is 1. The molecule has 6 heterocycles. The van der Waals surface area contributed by atoms with Crippen LogP contribution in [-0.4, -0.2) is 78.8 Å². The number of hydrogen-bond acceptors (Lipinski definition) is 7. The normalized spacial score (nSPS) is 16.4. The van der Waals surface area contributed by atoms with Crippen LogP contribution in [0, 0.1) is 19.7 Å². The second kappa shape index (κ2) is 14.7. The number of benzene rings is 2. The highest BCUT2D eigenvalue weighted by Crippen LogP contribution is 2.45. The third-order valence-corrected chi connectivity index (χ3v) is 14.9. The number of pyridine rings is 1. The number of nitrogens with zero attached hydrogens (tertiary/aromatic N) is 6. The van der Waals surface area contributed by atoms with Gasteiger partial charge in [-0.15, -0.1) is 0 Å². The van der Waals surface area contributed by atoms with Crippen molar-refractivity contribution in [3.8, 4) is 17.2 Å². The number of aromatic nitrogens is 6. The molecular weight excluding hydrogens is 730 g/mol. The van der Waals surface area contributed by atoms with E-state index in [1.807, 2.05) is 31.7 Å². The predicted molar refractivity (Wildman–Crippen MR) is 218 cm³/mol. The predicted octanol–water partition coefficient (Wildman–Crippen LogP) is 7.17. The summed E-state index contributed by atoms with van der Waals surface area (Å²) in [5.74, 6) is 0.459. The van der Waals surface area contributed by atoms with Gasteiger partial charge in [-0.2, -0.15) is 5.10 Å². The highest BCUT2D eigenvalue weighted by Gasteiger charge is 2.36. The lowest BCUT2D eigenvalue weighted by Gasteiger charge is -2.33. The molecule has 0 spiro atoms. The van der Waals surface area contributed by atoms with Crippen molar-refractivity contribution < 1.29 is 18.5 Å². The summed E-state index contributed by atoms with van der Waals surface area (Å²) in [6, 6.07) is 13.1. The molecule has 0 saturated carbocycles. The standard InChI is InChI=1S/C42H48FN8O4P/c1-7-56(54,8-2)39-35(44-6)23-32(24-45-39)49-15-16-50(42(49)53)40-37-27(5)48(14-11-34(37)47-51(40)31-19-25(3)38(43)26(4)20-31)41(52)36-22-30-21-29(9-10-33(30)46-36)28-12-17-55-18-13-28/h9-10,15-16,19-24,27-28,44,46H,7-8,11-14,17-18H2,1-6H3/t27-/m0/s1. The van der Waals surface area contributed by atoms with Gasteiger partial charge in [-0.25, -0.2) is 18.9 Å². The SMILES string of the molecule is CCP(=O)(CC)c1ncc(-n2ccn(-c3c4c(nn3-c3cc(C)c(F)c(C)c3)CCN(C(=O)c3cc5cc(C6CCOCC6)ccc5[nH]3)[C@H]4C)c2=O)cc1NC. The third-order valence-electron chi connectivity index (χ3n) is 11.8. The maximum Gasteiger partial charge on any atom is 0.338 e. The molecule has 0 unspecified atom stereocenters. The Hall–Kier alpha value is -5.26. The summed E-state index contributed by atoms with van der Waals surface area (Å²) in [4.78, 5) is 38.7. The lowest BCUT2D eigenvalue weighted by Crippen LogP contribution is -2.39. The molecule has 2 aliphatic rings. The minimum atomic E-state index is -2.71. The highest BCUT2D eigenvalue weighted by molar-refractivity contribution is 7.71. The van der Waals surface area contributed by atoms with Crippen LogP contribution in [0.5, 0.6) is 0 Å². The number of carbonyl (C=O) groups excluding carboxylic acids is 1. The Balaban J connectivity index is 1.21. The number of H-pyrrole nitrogens is 1. The summed E-state index contributed by atoms with van der Waals surface area (Å²) in [6.07, 6.45) is 8.30. The van der Waals surface area contributed by atoms with Crippen molar-refractivity contribution in [1.82, 2.24) is 33.8 Å². The van der Waals surface area contributed by atoms with E-state index in [0.717, 1.165) is 48.2 Å². The molecule has 4 aromatic heterocycles. The second-order valence-corrected chi connectivity index (χ2v) is 18.5. The lowest BCUT2D eigenvalue weighted by atomic mass is 9.91. The van der Waals surface area contributed by atoms with Crippen LogP contribution in [0.25, 0.3) is 28.1 Å². The molecule has 1 saturated heterocycles. The molecule has 1 atom stereocenters. The maximum absolute atomic E-state index is 14.9. The Morgan fingerprint density at radius 3 is 2.43 bits per heavy atom. The van der Waals surface area contributed by atoms with Gasteiger partial charge in [-0.1, -0.05) is 19.9 Å². The topological polar surface area (TPSA) is 132 Å². The molecule has 0 aliphatic carbocycles. The van der Waals surface area contributed by atoms with Gasteiger partial charge in [0.15, 0.2) is 0 Å². The van der Waals surface area contributed by atoms with E-state index in [1.54, 1.807) is 62.4 Å². The Bertz CT molecular complexity index is 2570. The van der Waals surface area contributed by atoms with E-state index < -0.39 is 13.2 Å². The first-order valence-corrected chi connectivity index (χ1v) is 21.5. The van der Waals surface area contributed by atoms with E-state index >= 15 is 0 Å². The fourth-order valence-corrected chi connectivity index (χ4v) is 10.4. The van der Waals surface area contributed by atoms with Gasteiger partial charge in [0, 0.05) is 74.4 Å². The lowest BCUT2D eigenvalue weighted by molar-refractivity contribution is 0.0672. The van der Waals surface area contributed by atoms with Crippen molar-refractivity contribution in [2.45, 2.75) is 65.8 Å². The first-order chi connectivity index (χ1) is 27.0. The molecule has 6 aromatic rings. The molecule has 2 aliphatic heterocycles. The number of carbonyl (C=O) groups is 1. The number of anilines is 1. The average molecular weight is 779 g/mol. The highest BCUT2D eigenvalue weighted by atomic mass is 31.2. The van der Waals surface area contributed by atoms with Gasteiger partial charge in [-0.05, 0) is 92.6 Å². The molecule has 292 valence electrons. The van der Waals surface area contributed by atoms with Crippen LogP contribution in [0.15, 0.2) is 65.8 Å². The van der Waals surface area contributed by atoms with Gasteiger partial charge < -0.3 is 24.5 Å². The summed E-state index contributed by atoms with van der Waals surface area (Å²) in [5, 5.41) is 9.16. The van der Waals surface area contributed by atoms with E-state index in [2.05, 4.69) is 33.5 Å². The monoisotopic (exact) mass is 778 g/mol.